The van der Waals surface area contributed by atoms with Gasteiger partial charge in [0, 0.05) is 27.6 Å². The molecule has 4 fully saturated rings. The average molecular weight is 394 g/mol. The third kappa shape index (κ3) is 2.31. The van der Waals surface area contributed by atoms with Crippen LogP contribution in [-0.2, 0) is 5.41 Å². The molecule has 2 N–H and O–H groups in total. The number of fused-ring (bicyclic) bond motifs is 3. The van der Waals surface area contributed by atoms with Crippen LogP contribution in [0.1, 0.15) is 44.1 Å². The van der Waals surface area contributed by atoms with Gasteiger partial charge in [-0.2, -0.15) is 0 Å². The molecule has 0 aliphatic heterocycles. The van der Waals surface area contributed by atoms with Gasteiger partial charge in [-0.3, -0.25) is 0 Å². The Morgan fingerprint density at radius 1 is 0.733 bits per heavy atom. The summed E-state index contributed by atoms with van der Waals surface area (Å²) in [5.41, 5.74) is 13.4. The fourth-order valence-electron chi connectivity index (χ4n) is 7.54. The predicted molar refractivity (Wildman–Crippen MR) is 123 cm³/mol. The number of anilines is 1. The third-order valence-electron chi connectivity index (χ3n) is 8.40. The van der Waals surface area contributed by atoms with E-state index in [1.54, 1.807) is 0 Å². The van der Waals surface area contributed by atoms with Crippen LogP contribution in [0.4, 0.5) is 5.69 Å². The van der Waals surface area contributed by atoms with Gasteiger partial charge >= 0.3 is 0 Å². The van der Waals surface area contributed by atoms with Crippen LogP contribution in [-0.4, -0.2) is 0 Å². The molecule has 2 nitrogen and oxygen atoms in total. The normalized spacial score (nSPS) is 29.8. The molecule has 1 aromatic heterocycles. The van der Waals surface area contributed by atoms with E-state index in [4.69, 9.17) is 10.2 Å². The van der Waals surface area contributed by atoms with E-state index in [1.165, 1.54) is 54.9 Å². The first-order chi connectivity index (χ1) is 14.7. The summed E-state index contributed by atoms with van der Waals surface area (Å²) < 4.78 is 6.33. The second-order valence-electron chi connectivity index (χ2n) is 10.3. The molecule has 0 amide bonds. The number of hydrogen-bond donors (Lipinski definition) is 1. The smallest absolute Gasteiger partial charge is 0.143 e. The van der Waals surface area contributed by atoms with Crippen molar-refractivity contribution in [3.8, 4) is 11.1 Å². The van der Waals surface area contributed by atoms with Crippen molar-refractivity contribution in [3.63, 3.8) is 0 Å². The van der Waals surface area contributed by atoms with Crippen molar-refractivity contribution >= 4 is 27.6 Å². The van der Waals surface area contributed by atoms with Crippen LogP contribution in [0.25, 0.3) is 33.1 Å². The number of para-hydroxylation sites is 2. The molecule has 0 atom stereocenters. The molecular weight excluding hydrogens is 366 g/mol. The quantitative estimate of drug-likeness (QED) is 0.363. The lowest BCUT2D eigenvalue weighted by molar-refractivity contribution is -0.00516. The largest absolute Gasteiger partial charge is 0.455 e. The van der Waals surface area contributed by atoms with Crippen LogP contribution >= 0.6 is 0 Å². The summed E-state index contributed by atoms with van der Waals surface area (Å²) in [5.74, 6) is 2.82. The SMILES string of the molecule is Nc1ccc(C23CC4CC(CC(C4)C2)C3)cc1-c1cccc2c1oc1ccccc12. The first-order valence-electron chi connectivity index (χ1n) is 11.5. The molecule has 3 aromatic carbocycles. The predicted octanol–water partition coefficient (Wildman–Crippen LogP) is 7.30. The van der Waals surface area contributed by atoms with Crippen LogP contribution in [0.3, 0.4) is 0 Å². The Bertz CT molecular complexity index is 1260. The van der Waals surface area contributed by atoms with E-state index in [2.05, 4.69) is 48.5 Å². The Labute approximate surface area is 177 Å². The van der Waals surface area contributed by atoms with E-state index in [0.29, 0.717) is 5.41 Å². The van der Waals surface area contributed by atoms with E-state index in [-0.39, 0.29) is 0 Å². The van der Waals surface area contributed by atoms with Crippen molar-refractivity contribution in [2.45, 2.75) is 43.9 Å². The monoisotopic (exact) mass is 393 g/mol. The van der Waals surface area contributed by atoms with Gasteiger partial charge < -0.3 is 10.2 Å². The van der Waals surface area contributed by atoms with Gasteiger partial charge in [-0.05, 0) is 85.5 Å². The van der Waals surface area contributed by atoms with E-state index in [9.17, 15) is 0 Å². The van der Waals surface area contributed by atoms with Gasteiger partial charge in [0.2, 0.25) is 0 Å². The van der Waals surface area contributed by atoms with Crippen LogP contribution in [0.15, 0.2) is 65.1 Å². The van der Waals surface area contributed by atoms with Gasteiger partial charge in [0.1, 0.15) is 11.2 Å². The second-order valence-corrected chi connectivity index (χ2v) is 10.3. The lowest BCUT2D eigenvalue weighted by Gasteiger charge is -2.57. The summed E-state index contributed by atoms with van der Waals surface area (Å²) in [6.45, 7) is 0. The second kappa shape index (κ2) is 5.91. The van der Waals surface area contributed by atoms with Crippen molar-refractivity contribution in [1.29, 1.82) is 0 Å². The Morgan fingerprint density at radius 3 is 2.20 bits per heavy atom. The summed E-state index contributed by atoms with van der Waals surface area (Å²) >= 11 is 0. The molecule has 4 bridgehead atoms. The molecule has 0 unspecified atom stereocenters. The molecule has 1 heterocycles. The highest BCUT2D eigenvalue weighted by molar-refractivity contribution is 6.10. The van der Waals surface area contributed by atoms with E-state index >= 15 is 0 Å². The van der Waals surface area contributed by atoms with Crippen LogP contribution in [0.5, 0.6) is 0 Å². The molecule has 4 aliphatic rings. The number of furan rings is 1. The first-order valence-corrected chi connectivity index (χ1v) is 11.5. The van der Waals surface area contributed by atoms with Crippen molar-refractivity contribution < 1.29 is 4.42 Å². The Balaban J connectivity index is 1.41. The van der Waals surface area contributed by atoms with Gasteiger partial charge in [0.05, 0.1) is 0 Å². The summed E-state index contributed by atoms with van der Waals surface area (Å²) in [7, 11) is 0. The minimum Gasteiger partial charge on any atom is -0.455 e. The van der Waals surface area contributed by atoms with Crippen molar-refractivity contribution in [3.05, 3.63) is 66.2 Å². The fraction of sp³-hybridized carbons (Fsp3) is 0.357. The summed E-state index contributed by atoms with van der Waals surface area (Å²) in [6.07, 6.45) is 8.53. The molecule has 0 radical (unpaired) electrons. The van der Waals surface area contributed by atoms with Gasteiger partial charge in [-0.1, -0.05) is 42.5 Å². The molecule has 8 rings (SSSR count). The molecule has 2 heteroatoms. The van der Waals surface area contributed by atoms with E-state index < -0.39 is 0 Å². The number of nitrogen functional groups attached to an aromatic ring is 1. The van der Waals surface area contributed by atoms with Gasteiger partial charge in [-0.25, -0.2) is 0 Å². The van der Waals surface area contributed by atoms with Crippen LogP contribution in [0, 0.1) is 17.8 Å². The molecule has 4 aliphatic carbocycles. The van der Waals surface area contributed by atoms with Gasteiger partial charge in [0.15, 0.2) is 0 Å². The highest BCUT2D eigenvalue weighted by Crippen LogP contribution is 2.61. The van der Waals surface area contributed by atoms with Crippen molar-refractivity contribution in [2.75, 3.05) is 5.73 Å². The Morgan fingerprint density at radius 2 is 1.43 bits per heavy atom. The maximum absolute atomic E-state index is 6.56. The van der Waals surface area contributed by atoms with Crippen LogP contribution in [0.2, 0.25) is 0 Å². The molecule has 30 heavy (non-hydrogen) atoms. The van der Waals surface area contributed by atoms with Gasteiger partial charge in [0.25, 0.3) is 0 Å². The maximum Gasteiger partial charge on any atom is 0.143 e. The van der Waals surface area contributed by atoms with Gasteiger partial charge in [-0.15, -0.1) is 0 Å². The zero-order valence-corrected chi connectivity index (χ0v) is 17.2. The number of hydrogen-bond acceptors (Lipinski definition) is 2. The van der Waals surface area contributed by atoms with Crippen molar-refractivity contribution in [1.82, 2.24) is 0 Å². The Hall–Kier alpha value is -2.74. The molecule has 4 aromatic rings. The van der Waals surface area contributed by atoms with E-state index in [0.717, 1.165) is 45.7 Å². The summed E-state index contributed by atoms with van der Waals surface area (Å²) in [4.78, 5) is 0. The minimum atomic E-state index is 0.374. The first kappa shape index (κ1) is 17.0. The summed E-state index contributed by atoms with van der Waals surface area (Å²) in [6, 6.07) is 21.6. The zero-order chi connectivity index (χ0) is 19.9. The number of benzene rings is 3. The molecule has 150 valence electrons. The summed E-state index contributed by atoms with van der Waals surface area (Å²) in [5, 5.41) is 2.34. The maximum atomic E-state index is 6.56. The highest BCUT2D eigenvalue weighted by Gasteiger charge is 2.51. The topological polar surface area (TPSA) is 39.2 Å². The molecular formula is C28H27NO. The molecule has 4 saturated carbocycles. The molecule has 0 saturated heterocycles. The minimum absolute atomic E-state index is 0.374. The average Bonchev–Trinajstić information content (AvgIpc) is 3.12. The van der Waals surface area contributed by atoms with Crippen molar-refractivity contribution in [2.24, 2.45) is 17.8 Å². The van der Waals surface area contributed by atoms with E-state index in [1.807, 2.05) is 12.1 Å². The lowest BCUT2D eigenvalue weighted by Crippen LogP contribution is -2.48. The standard InChI is InChI=1S/C28H27NO/c29-25-9-8-20(28-14-17-10-18(15-28)12-19(11-17)16-28)13-24(25)23-6-3-5-22-21-4-1-2-7-26(21)30-27(22)23/h1-9,13,17-19H,10-12,14-16,29H2. The highest BCUT2D eigenvalue weighted by atomic mass is 16.3. The fourth-order valence-corrected chi connectivity index (χ4v) is 7.54. The third-order valence-corrected chi connectivity index (χ3v) is 8.40. The molecule has 0 spiro atoms. The zero-order valence-electron chi connectivity index (χ0n) is 17.2. The van der Waals surface area contributed by atoms with Crippen LogP contribution < -0.4 is 5.73 Å². The lowest BCUT2D eigenvalue weighted by atomic mass is 9.48. The Kier molecular flexibility index (Phi) is 3.35. The number of rotatable bonds is 2. The number of nitrogens with two attached hydrogens (primary N) is 1.